The van der Waals surface area contributed by atoms with Gasteiger partial charge in [-0.05, 0) is 70.6 Å². The van der Waals surface area contributed by atoms with E-state index in [1.54, 1.807) is 6.08 Å². The van der Waals surface area contributed by atoms with Crippen molar-refractivity contribution in [3.63, 3.8) is 0 Å². The number of aliphatic hydroxyl groups is 11. The number of ether oxygens (including phenoxy) is 6. The van der Waals surface area contributed by atoms with Crippen LogP contribution in [0.15, 0.2) is 85.1 Å². The lowest BCUT2D eigenvalue weighted by atomic mass is 9.96. The van der Waals surface area contributed by atoms with Gasteiger partial charge in [0, 0.05) is 6.42 Å². The second kappa shape index (κ2) is 41.0. The summed E-state index contributed by atoms with van der Waals surface area (Å²) in [6, 6.07) is -0.990. The summed E-state index contributed by atoms with van der Waals surface area (Å²) in [6.07, 6.45) is 21.6. The lowest BCUT2D eigenvalue weighted by Gasteiger charge is -2.48. The number of nitrogens with one attached hydrogen (secondary N) is 1. The van der Waals surface area contributed by atoms with Crippen molar-refractivity contribution in [1.82, 2.24) is 5.32 Å². The van der Waals surface area contributed by atoms with Crippen LogP contribution in [-0.4, -0.2) is 193 Å². The van der Waals surface area contributed by atoms with E-state index in [1.165, 1.54) is 25.7 Å². The van der Waals surface area contributed by atoms with Crippen molar-refractivity contribution in [3.05, 3.63) is 85.1 Å². The topological polar surface area (TPSA) is 307 Å². The molecule has 0 aliphatic carbocycles. The number of aliphatic hydroxyl groups excluding tert-OH is 11. The fraction of sp³-hybridized carbons (Fsp3) is 0.741. The Labute approximate surface area is 457 Å². The summed E-state index contributed by atoms with van der Waals surface area (Å²) < 4.78 is 34.1. The highest BCUT2D eigenvalue weighted by Gasteiger charge is 2.53. The van der Waals surface area contributed by atoms with Crippen molar-refractivity contribution in [2.24, 2.45) is 0 Å². The summed E-state index contributed by atoms with van der Waals surface area (Å²) in [4.78, 5) is 13.3. The average molecular weight is 1100 g/mol. The summed E-state index contributed by atoms with van der Waals surface area (Å²) in [7, 11) is 0. The van der Waals surface area contributed by atoms with E-state index in [1.807, 2.05) is 6.08 Å². The Bertz CT molecular complexity index is 1740. The van der Waals surface area contributed by atoms with Gasteiger partial charge in [-0.15, -0.1) is 0 Å². The lowest BCUT2D eigenvalue weighted by Crippen LogP contribution is -2.66. The number of carbonyl (C=O) groups excluding carboxylic acids is 1. The second-order valence-electron chi connectivity index (χ2n) is 20.0. The van der Waals surface area contributed by atoms with Crippen LogP contribution in [0.1, 0.15) is 142 Å². The number of amides is 1. The van der Waals surface area contributed by atoms with Crippen molar-refractivity contribution >= 4 is 5.91 Å². The maximum atomic E-state index is 13.3. The van der Waals surface area contributed by atoms with Crippen LogP contribution in [0.2, 0.25) is 0 Å². The van der Waals surface area contributed by atoms with Gasteiger partial charge in [-0.25, -0.2) is 0 Å². The Morgan fingerprint density at radius 1 is 0.481 bits per heavy atom. The van der Waals surface area contributed by atoms with Crippen LogP contribution in [0.5, 0.6) is 0 Å². The van der Waals surface area contributed by atoms with Crippen molar-refractivity contribution < 1.29 is 89.4 Å². The SMILES string of the molecule is CC/C=C\C/C=C\C/C=C\C/C=C\C/C=C\C/C=C\CCCCCCC(=O)NC(COC1OC(CO)C(OC2OC(CO)C(OC3OC(CO)C(O)C(O)C3O)C(O)C2O)C(O)C1O)C(O)/C=C/CCCCCCCCC. The van der Waals surface area contributed by atoms with Crippen LogP contribution in [0.4, 0.5) is 0 Å². The molecule has 0 saturated carbocycles. The molecule has 0 spiro atoms. The number of carbonyl (C=O) groups is 1. The molecule has 0 aromatic rings. The maximum Gasteiger partial charge on any atom is 0.220 e. The maximum absolute atomic E-state index is 13.3. The van der Waals surface area contributed by atoms with Gasteiger partial charge in [0.1, 0.15) is 73.2 Å². The third-order valence-electron chi connectivity index (χ3n) is 13.7. The summed E-state index contributed by atoms with van der Waals surface area (Å²) in [5.74, 6) is -0.308. The minimum absolute atomic E-state index is 0.208. The molecule has 0 aromatic carbocycles. The zero-order valence-electron chi connectivity index (χ0n) is 45.6. The highest BCUT2D eigenvalue weighted by Crippen LogP contribution is 2.33. The van der Waals surface area contributed by atoms with Gasteiger partial charge in [0.2, 0.25) is 5.91 Å². The van der Waals surface area contributed by atoms with Gasteiger partial charge in [-0.2, -0.15) is 0 Å². The number of hydrogen-bond donors (Lipinski definition) is 12. The summed E-state index contributed by atoms with van der Waals surface area (Å²) in [6.45, 7) is 1.51. The molecular formula is C58H97NO18. The molecule has 17 atom stereocenters. The molecule has 0 bridgehead atoms. The third kappa shape index (κ3) is 25.5. The van der Waals surface area contributed by atoms with E-state index in [-0.39, 0.29) is 18.9 Å². The standard InChI is InChI=1S/C58H97NO18/c1-3-5-7-9-11-13-14-15-16-17-18-19-20-21-22-23-24-25-26-28-30-32-34-36-46(64)59-41(42(63)35-33-31-29-27-12-10-8-6-4-2)40-72-56-52(70)49(67)54(44(38-61)74-56)77-58-53(71)50(68)55(45(39-62)75-58)76-57-51(69)48(66)47(65)43(37-60)73-57/h5,7,11,13,15-16,18-19,21-22,24-25,33,35,41-45,47-58,60-63,65-71H,3-4,6,8-10,12,14,17,20,23,26-32,34,36-40H2,1-2H3,(H,59,64)/b7-5-,13-11-,16-15-,19-18-,22-21-,25-24-,35-33+. The molecule has 17 unspecified atom stereocenters. The smallest absolute Gasteiger partial charge is 0.220 e. The molecule has 0 aromatic heterocycles. The summed E-state index contributed by atoms with van der Waals surface area (Å²) >= 11 is 0. The van der Waals surface area contributed by atoms with Crippen molar-refractivity contribution in [2.75, 3.05) is 26.4 Å². The number of rotatable bonds is 39. The fourth-order valence-corrected chi connectivity index (χ4v) is 9.01. The minimum atomic E-state index is -1.98. The normalized spacial score (nSPS) is 31.4. The van der Waals surface area contributed by atoms with Crippen molar-refractivity contribution in [2.45, 2.75) is 247 Å². The lowest BCUT2D eigenvalue weighted by molar-refractivity contribution is -0.379. The Morgan fingerprint density at radius 3 is 1.40 bits per heavy atom. The zero-order chi connectivity index (χ0) is 56.2. The first-order valence-corrected chi connectivity index (χ1v) is 28.3. The quantitative estimate of drug-likeness (QED) is 0.0305. The van der Waals surface area contributed by atoms with Crippen LogP contribution in [-0.2, 0) is 33.2 Å². The Morgan fingerprint density at radius 2 is 0.896 bits per heavy atom. The van der Waals surface area contributed by atoms with E-state index in [2.05, 4.69) is 92.1 Å². The molecule has 3 fully saturated rings. The Balaban J connectivity index is 1.49. The van der Waals surface area contributed by atoms with Crippen LogP contribution in [0.25, 0.3) is 0 Å². The van der Waals surface area contributed by atoms with Crippen molar-refractivity contribution in [3.8, 4) is 0 Å². The highest BCUT2D eigenvalue weighted by molar-refractivity contribution is 5.76. The van der Waals surface area contributed by atoms with Gasteiger partial charge < -0.3 is 89.9 Å². The van der Waals surface area contributed by atoms with Gasteiger partial charge in [-0.3, -0.25) is 4.79 Å². The first kappa shape index (κ1) is 68.2. The largest absolute Gasteiger partial charge is 0.394 e. The average Bonchev–Trinajstić information content (AvgIpc) is 3.43. The van der Waals surface area contributed by atoms with E-state index in [9.17, 15) is 61.0 Å². The summed E-state index contributed by atoms with van der Waals surface area (Å²) in [5.41, 5.74) is 0. The molecule has 3 aliphatic heterocycles. The van der Waals surface area contributed by atoms with E-state index < -0.39 is 124 Å². The van der Waals surface area contributed by atoms with Gasteiger partial charge in [0.05, 0.1) is 38.6 Å². The molecule has 3 aliphatic rings. The molecule has 3 heterocycles. The van der Waals surface area contributed by atoms with E-state index in [4.69, 9.17) is 28.4 Å². The molecule has 3 saturated heterocycles. The predicted molar refractivity (Wildman–Crippen MR) is 291 cm³/mol. The highest BCUT2D eigenvalue weighted by atomic mass is 16.8. The van der Waals surface area contributed by atoms with Crippen LogP contribution < -0.4 is 5.32 Å². The van der Waals surface area contributed by atoms with Gasteiger partial charge in [0.25, 0.3) is 0 Å². The molecule has 0 radical (unpaired) electrons. The van der Waals surface area contributed by atoms with Crippen LogP contribution >= 0.6 is 0 Å². The predicted octanol–water partition coefficient (Wildman–Crippen LogP) is 4.03. The number of hydrogen-bond acceptors (Lipinski definition) is 18. The first-order valence-electron chi connectivity index (χ1n) is 28.3. The number of unbranched alkanes of at least 4 members (excludes halogenated alkanes) is 11. The molecule has 3 rings (SSSR count). The molecular weight excluding hydrogens is 999 g/mol. The first-order chi connectivity index (χ1) is 37.3. The fourth-order valence-electron chi connectivity index (χ4n) is 9.01. The van der Waals surface area contributed by atoms with E-state index >= 15 is 0 Å². The molecule has 19 heteroatoms. The van der Waals surface area contributed by atoms with E-state index in [0.717, 1.165) is 89.9 Å². The number of allylic oxidation sites excluding steroid dienone is 13. The molecule has 1 amide bonds. The van der Waals surface area contributed by atoms with E-state index in [0.29, 0.717) is 6.42 Å². The zero-order valence-corrected chi connectivity index (χ0v) is 45.6. The van der Waals surface area contributed by atoms with Crippen molar-refractivity contribution in [1.29, 1.82) is 0 Å². The molecule has 442 valence electrons. The molecule has 77 heavy (non-hydrogen) atoms. The summed E-state index contributed by atoms with van der Waals surface area (Å²) in [5, 5.41) is 120. The van der Waals surface area contributed by atoms with Gasteiger partial charge in [-0.1, -0.05) is 150 Å². The van der Waals surface area contributed by atoms with Gasteiger partial charge in [0.15, 0.2) is 18.9 Å². The third-order valence-corrected chi connectivity index (χ3v) is 13.7. The Kier molecular flexibility index (Phi) is 36.4. The Hall–Kier alpha value is -3.03. The van der Waals surface area contributed by atoms with Crippen LogP contribution in [0, 0.1) is 0 Å². The molecule has 12 N–H and O–H groups in total. The van der Waals surface area contributed by atoms with Crippen LogP contribution in [0.3, 0.4) is 0 Å². The molecule has 19 nitrogen and oxygen atoms in total. The van der Waals surface area contributed by atoms with Gasteiger partial charge >= 0.3 is 0 Å². The minimum Gasteiger partial charge on any atom is -0.394 e. The monoisotopic (exact) mass is 1100 g/mol. The second-order valence-corrected chi connectivity index (χ2v) is 20.0.